The highest BCUT2D eigenvalue weighted by atomic mass is 16.3. The minimum absolute atomic E-state index is 0.365. The monoisotopic (exact) mass is 275 g/mol. The lowest BCUT2D eigenvalue weighted by Crippen LogP contribution is -2.30. The van der Waals surface area contributed by atoms with Crippen molar-refractivity contribution in [2.75, 3.05) is 19.6 Å². The smallest absolute Gasteiger partial charge is 0.0919 e. The Morgan fingerprint density at radius 2 is 1.95 bits per heavy atom. The first kappa shape index (κ1) is 15.5. The van der Waals surface area contributed by atoms with Crippen molar-refractivity contribution in [2.45, 2.75) is 53.1 Å². The molecule has 0 bridgehead atoms. The van der Waals surface area contributed by atoms with Gasteiger partial charge < -0.3 is 10.0 Å². The summed E-state index contributed by atoms with van der Waals surface area (Å²) in [6, 6.07) is 6.35. The van der Waals surface area contributed by atoms with Gasteiger partial charge in [-0.15, -0.1) is 0 Å². The summed E-state index contributed by atoms with van der Waals surface area (Å²) in [5.74, 6) is 0. The fourth-order valence-electron chi connectivity index (χ4n) is 3.12. The number of aliphatic hydroxyl groups excluding tert-OH is 1. The molecule has 1 aromatic rings. The molecule has 0 aromatic heterocycles. The van der Waals surface area contributed by atoms with E-state index in [-0.39, 0.29) is 6.10 Å². The van der Waals surface area contributed by atoms with Gasteiger partial charge >= 0.3 is 0 Å². The third-order valence-electron chi connectivity index (χ3n) is 4.66. The van der Waals surface area contributed by atoms with Gasteiger partial charge in [0.1, 0.15) is 0 Å². The fraction of sp³-hybridized carbons (Fsp3) is 0.667. The third kappa shape index (κ3) is 4.07. The Labute approximate surface area is 123 Å². The minimum atomic E-state index is -0.365. The van der Waals surface area contributed by atoms with Crippen LogP contribution in [-0.4, -0.2) is 29.6 Å². The van der Waals surface area contributed by atoms with Crippen LogP contribution in [0.4, 0.5) is 0 Å². The first-order valence-corrected chi connectivity index (χ1v) is 7.85. The molecule has 0 aliphatic carbocycles. The number of likely N-dealkylation sites (tertiary alicyclic amines) is 1. The molecule has 0 saturated carbocycles. The molecule has 1 atom stereocenters. The molecule has 112 valence electrons. The Morgan fingerprint density at radius 1 is 1.20 bits per heavy atom. The SMILES string of the molecule is Cc1ccc(C)c(C(O)CN2CCCC(C)(C)CC2)c1. The molecule has 1 fully saturated rings. The van der Waals surface area contributed by atoms with Gasteiger partial charge in [-0.05, 0) is 62.7 Å². The lowest BCUT2D eigenvalue weighted by atomic mass is 9.85. The second-order valence-electron chi connectivity index (χ2n) is 7.19. The van der Waals surface area contributed by atoms with E-state index in [0.29, 0.717) is 5.41 Å². The summed E-state index contributed by atoms with van der Waals surface area (Å²) in [4.78, 5) is 2.43. The summed E-state index contributed by atoms with van der Waals surface area (Å²) in [5, 5.41) is 10.6. The first-order valence-electron chi connectivity index (χ1n) is 7.85. The molecular weight excluding hydrogens is 246 g/mol. The van der Waals surface area contributed by atoms with Crippen molar-refractivity contribution in [3.05, 3.63) is 34.9 Å². The normalized spacial score (nSPS) is 21.4. The van der Waals surface area contributed by atoms with Crippen LogP contribution in [0.2, 0.25) is 0 Å². The topological polar surface area (TPSA) is 23.5 Å². The number of benzene rings is 1. The van der Waals surface area contributed by atoms with Crippen LogP contribution in [0.3, 0.4) is 0 Å². The van der Waals surface area contributed by atoms with E-state index in [1.165, 1.54) is 30.4 Å². The van der Waals surface area contributed by atoms with Gasteiger partial charge in [0.15, 0.2) is 0 Å². The van der Waals surface area contributed by atoms with Crippen LogP contribution in [0.5, 0.6) is 0 Å². The summed E-state index contributed by atoms with van der Waals surface area (Å²) in [6.45, 7) is 11.9. The van der Waals surface area contributed by atoms with E-state index in [9.17, 15) is 5.11 Å². The summed E-state index contributed by atoms with van der Waals surface area (Å²) in [7, 11) is 0. The summed E-state index contributed by atoms with van der Waals surface area (Å²) in [6.07, 6.45) is 3.40. The number of aliphatic hydroxyl groups is 1. The number of rotatable bonds is 3. The Morgan fingerprint density at radius 3 is 2.70 bits per heavy atom. The van der Waals surface area contributed by atoms with E-state index in [2.05, 4.69) is 50.8 Å². The fourth-order valence-corrected chi connectivity index (χ4v) is 3.12. The quantitative estimate of drug-likeness (QED) is 0.905. The van der Waals surface area contributed by atoms with Crippen LogP contribution in [0.1, 0.15) is 55.9 Å². The van der Waals surface area contributed by atoms with Crippen molar-refractivity contribution in [1.29, 1.82) is 0 Å². The van der Waals surface area contributed by atoms with E-state index in [4.69, 9.17) is 0 Å². The summed E-state index contributed by atoms with van der Waals surface area (Å²) < 4.78 is 0. The Balaban J connectivity index is 2.00. The molecule has 0 spiro atoms. The second kappa shape index (κ2) is 6.28. The number of hydrogen-bond donors (Lipinski definition) is 1. The molecule has 1 aromatic carbocycles. The van der Waals surface area contributed by atoms with Gasteiger partial charge in [0, 0.05) is 6.54 Å². The standard InChI is InChI=1S/C18H29NO/c1-14-6-7-15(2)16(12-14)17(20)13-19-10-5-8-18(3,4)9-11-19/h6-7,12,17,20H,5,8-11,13H2,1-4H3. The van der Waals surface area contributed by atoms with Crippen LogP contribution >= 0.6 is 0 Å². The Bertz CT molecular complexity index is 453. The molecule has 2 heteroatoms. The molecule has 0 amide bonds. The van der Waals surface area contributed by atoms with Gasteiger partial charge in [-0.2, -0.15) is 0 Å². The van der Waals surface area contributed by atoms with E-state index in [1.54, 1.807) is 0 Å². The highest BCUT2D eigenvalue weighted by molar-refractivity contribution is 5.32. The van der Waals surface area contributed by atoms with E-state index < -0.39 is 0 Å². The molecule has 0 radical (unpaired) electrons. The molecule has 1 N–H and O–H groups in total. The van der Waals surface area contributed by atoms with Crippen molar-refractivity contribution in [1.82, 2.24) is 4.90 Å². The van der Waals surface area contributed by atoms with Crippen molar-refractivity contribution in [2.24, 2.45) is 5.41 Å². The van der Waals surface area contributed by atoms with E-state index >= 15 is 0 Å². The maximum Gasteiger partial charge on any atom is 0.0919 e. The number of nitrogens with zero attached hydrogens (tertiary/aromatic N) is 1. The van der Waals surface area contributed by atoms with Crippen LogP contribution in [0.15, 0.2) is 18.2 Å². The van der Waals surface area contributed by atoms with Gasteiger partial charge in [-0.25, -0.2) is 0 Å². The van der Waals surface area contributed by atoms with E-state index in [0.717, 1.165) is 25.2 Å². The predicted molar refractivity (Wildman–Crippen MR) is 84.9 cm³/mol. The average molecular weight is 275 g/mol. The molecule has 2 rings (SSSR count). The van der Waals surface area contributed by atoms with Crippen molar-refractivity contribution in [3.63, 3.8) is 0 Å². The lowest BCUT2D eigenvalue weighted by molar-refractivity contribution is 0.112. The molecule has 1 aliphatic heterocycles. The predicted octanol–water partition coefficient (Wildman–Crippen LogP) is 3.85. The van der Waals surface area contributed by atoms with Gasteiger partial charge in [-0.3, -0.25) is 0 Å². The number of β-amino-alcohol motifs (C(OH)–C–C–N with tert-alkyl or cyclic N) is 1. The molecule has 20 heavy (non-hydrogen) atoms. The molecule has 1 aliphatic rings. The maximum absolute atomic E-state index is 10.6. The highest BCUT2D eigenvalue weighted by Crippen LogP contribution is 2.30. The second-order valence-corrected chi connectivity index (χ2v) is 7.19. The molecule has 1 heterocycles. The Hall–Kier alpha value is -0.860. The van der Waals surface area contributed by atoms with Gasteiger partial charge in [-0.1, -0.05) is 37.6 Å². The van der Waals surface area contributed by atoms with Crippen molar-refractivity contribution < 1.29 is 5.11 Å². The zero-order chi connectivity index (χ0) is 14.8. The van der Waals surface area contributed by atoms with E-state index in [1.807, 2.05) is 0 Å². The number of aryl methyl sites for hydroxylation is 2. The highest BCUT2D eigenvalue weighted by Gasteiger charge is 2.24. The van der Waals surface area contributed by atoms with Crippen LogP contribution < -0.4 is 0 Å². The molecular formula is C18H29NO. The zero-order valence-corrected chi connectivity index (χ0v) is 13.4. The van der Waals surface area contributed by atoms with Crippen LogP contribution in [0, 0.1) is 19.3 Å². The first-order chi connectivity index (χ1) is 9.37. The summed E-state index contributed by atoms with van der Waals surface area (Å²) in [5.41, 5.74) is 3.97. The largest absolute Gasteiger partial charge is 0.387 e. The van der Waals surface area contributed by atoms with Gasteiger partial charge in [0.25, 0.3) is 0 Å². The minimum Gasteiger partial charge on any atom is -0.387 e. The maximum atomic E-state index is 10.6. The molecule has 2 nitrogen and oxygen atoms in total. The van der Waals surface area contributed by atoms with Crippen LogP contribution in [0.25, 0.3) is 0 Å². The third-order valence-corrected chi connectivity index (χ3v) is 4.66. The Kier molecular flexibility index (Phi) is 4.87. The van der Waals surface area contributed by atoms with Gasteiger partial charge in [0.05, 0.1) is 6.10 Å². The van der Waals surface area contributed by atoms with Crippen molar-refractivity contribution >= 4 is 0 Å². The summed E-state index contributed by atoms with van der Waals surface area (Å²) >= 11 is 0. The zero-order valence-electron chi connectivity index (χ0n) is 13.4. The average Bonchev–Trinajstić information content (AvgIpc) is 2.54. The van der Waals surface area contributed by atoms with Crippen molar-refractivity contribution in [3.8, 4) is 0 Å². The molecule has 1 saturated heterocycles. The molecule has 1 unspecified atom stereocenters. The lowest BCUT2D eigenvalue weighted by Gasteiger charge is -2.26. The van der Waals surface area contributed by atoms with Crippen LogP contribution in [-0.2, 0) is 0 Å². The van der Waals surface area contributed by atoms with Gasteiger partial charge in [0.2, 0.25) is 0 Å². The number of hydrogen-bond acceptors (Lipinski definition) is 2.